The number of benzene rings is 1. The summed E-state index contributed by atoms with van der Waals surface area (Å²) in [5, 5.41) is 3.82. The first-order valence-corrected chi connectivity index (χ1v) is 8.13. The van der Waals surface area contributed by atoms with Gasteiger partial charge in [-0.15, -0.1) is 0 Å². The van der Waals surface area contributed by atoms with Crippen molar-refractivity contribution in [2.24, 2.45) is 16.7 Å². The number of aromatic amines is 1. The van der Waals surface area contributed by atoms with Gasteiger partial charge in [-0.3, -0.25) is 0 Å². The third-order valence-electron chi connectivity index (χ3n) is 6.74. The summed E-state index contributed by atoms with van der Waals surface area (Å²) in [6, 6.07) is 7.08. The van der Waals surface area contributed by atoms with E-state index in [1.165, 1.54) is 24.9 Å². The first-order valence-electron chi connectivity index (χ1n) is 8.13. The Bertz CT molecular complexity index is 700. The number of hydrogen-bond donors (Lipinski definition) is 2. The number of nitrogens with zero attached hydrogens (tertiary/aromatic N) is 1. The van der Waals surface area contributed by atoms with Gasteiger partial charge in [0.15, 0.2) is 0 Å². The zero-order valence-corrected chi connectivity index (χ0v) is 13.5. The lowest BCUT2D eigenvalue weighted by molar-refractivity contribution is 0.142. The van der Waals surface area contributed by atoms with Crippen LogP contribution in [-0.4, -0.2) is 16.0 Å². The SMILES string of the molecule is Cc1nc2ccc(NC3CC4CCC3(C)C4(C)C)cc2[nH]1. The van der Waals surface area contributed by atoms with Gasteiger partial charge in [0.1, 0.15) is 5.82 Å². The summed E-state index contributed by atoms with van der Waals surface area (Å²) in [5.74, 6) is 1.85. The van der Waals surface area contributed by atoms with Crippen LogP contribution < -0.4 is 5.32 Å². The Hall–Kier alpha value is -1.51. The van der Waals surface area contributed by atoms with E-state index in [1.807, 2.05) is 6.92 Å². The Balaban J connectivity index is 1.63. The molecule has 1 aromatic carbocycles. The van der Waals surface area contributed by atoms with Crippen molar-refractivity contribution in [2.45, 2.75) is 53.0 Å². The van der Waals surface area contributed by atoms with E-state index < -0.39 is 0 Å². The van der Waals surface area contributed by atoms with E-state index in [1.54, 1.807) is 0 Å². The van der Waals surface area contributed by atoms with Crippen LogP contribution in [0.2, 0.25) is 0 Å². The standard InChI is InChI=1S/C18H25N3/c1-11-19-14-6-5-13(10-15(14)20-11)21-16-9-12-7-8-18(16,4)17(12,2)3/h5-6,10,12,16,21H,7-9H2,1-4H3,(H,19,20). The number of fused-ring (bicyclic) bond motifs is 3. The number of imidazole rings is 1. The molecule has 112 valence electrons. The Kier molecular flexibility index (Phi) is 2.52. The maximum atomic E-state index is 4.48. The average molecular weight is 283 g/mol. The summed E-state index contributed by atoms with van der Waals surface area (Å²) in [5.41, 5.74) is 4.28. The van der Waals surface area contributed by atoms with Crippen molar-refractivity contribution < 1.29 is 0 Å². The highest BCUT2D eigenvalue weighted by atomic mass is 15.0. The van der Waals surface area contributed by atoms with E-state index in [-0.39, 0.29) is 0 Å². The minimum absolute atomic E-state index is 0.413. The van der Waals surface area contributed by atoms with Crippen molar-refractivity contribution in [1.29, 1.82) is 0 Å². The molecule has 3 heteroatoms. The lowest BCUT2D eigenvalue weighted by atomic mass is 9.69. The van der Waals surface area contributed by atoms with Crippen molar-refractivity contribution in [3.8, 4) is 0 Å². The van der Waals surface area contributed by atoms with E-state index in [4.69, 9.17) is 0 Å². The highest BCUT2D eigenvalue weighted by Gasteiger charge is 2.61. The van der Waals surface area contributed by atoms with Crippen LogP contribution in [0.25, 0.3) is 11.0 Å². The number of nitrogens with one attached hydrogen (secondary N) is 2. The molecule has 3 unspecified atom stereocenters. The Labute approximate surface area is 126 Å². The van der Waals surface area contributed by atoms with Crippen LogP contribution in [0.3, 0.4) is 0 Å². The normalized spacial score (nSPS) is 33.7. The molecule has 0 saturated heterocycles. The van der Waals surface area contributed by atoms with Gasteiger partial charge in [0.05, 0.1) is 11.0 Å². The van der Waals surface area contributed by atoms with E-state index in [9.17, 15) is 0 Å². The fourth-order valence-corrected chi connectivity index (χ4v) is 4.85. The summed E-state index contributed by atoms with van der Waals surface area (Å²) in [4.78, 5) is 7.81. The summed E-state index contributed by atoms with van der Waals surface area (Å²) in [6.07, 6.45) is 4.07. The second-order valence-electron chi connectivity index (χ2n) is 7.86. The van der Waals surface area contributed by atoms with Crippen molar-refractivity contribution >= 4 is 16.7 Å². The van der Waals surface area contributed by atoms with Crippen molar-refractivity contribution in [1.82, 2.24) is 9.97 Å². The van der Waals surface area contributed by atoms with Gasteiger partial charge in [0, 0.05) is 11.7 Å². The van der Waals surface area contributed by atoms with E-state index in [0.717, 1.165) is 22.8 Å². The third-order valence-corrected chi connectivity index (χ3v) is 6.74. The number of rotatable bonds is 2. The molecule has 2 bridgehead atoms. The summed E-state index contributed by atoms with van der Waals surface area (Å²) < 4.78 is 0. The molecule has 0 radical (unpaired) electrons. The molecule has 3 nitrogen and oxygen atoms in total. The molecule has 4 rings (SSSR count). The monoisotopic (exact) mass is 283 g/mol. The fourth-order valence-electron chi connectivity index (χ4n) is 4.85. The third kappa shape index (κ3) is 1.69. The minimum Gasteiger partial charge on any atom is -0.382 e. The largest absolute Gasteiger partial charge is 0.382 e. The summed E-state index contributed by atoms with van der Waals surface area (Å²) >= 11 is 0. The number of aromatic nitrogens is 2. The second kappa shape index (κ2) is 4.02. The number of aryl methyl sites for hydroxylation is 1. The highest BCUT2D eigenvalue weighted by Crippen LogP contribution is 2.65. The summed E-state index contributed by atoms with van der Waals surface area (Å²) in [7, 11) is 0. The lowest BCUT2D eigenvalue weighted by Gasteiger charge is -2.40. The Morgan fingerprint density at radius 1 is 1.29 bits per heavy atom. The summed E-state index contributed by atoms with van der Waals surface area (Å²) in [6.45, 7) is 9.42. The molecule has 1 heterocycles. The smallest absolute Gasteiger partial charge is 0.104 e. The van der Waals surface area contributed by atoms with E-state index in [0.29, 0.717) is 16.9 Å². The van der Waals surface area contributed by atoms with Crippen LogP contribution in [0.1, 0.15) is 45.9 Å². The zero-order valence-electron chi connectivity index (χ0n) is 13.5. The molecule has 3 atom stereocenters. The molecular formula is C18H25N3. The number of anilines is 1. The van der Waals surface area contributed by atoms with Gasteiger partial charge in [-0.2, -0.15) is 0 Å². The van der Waals surface area contributed by atoms with Crippen LogP contribution in [0.5, 0.6) is 0 Å². The quantitative estimate of drug-likeness (QED) is 0.852. The van der Waals surface area contributed by atoms with Crippen LogP contribution in [0.15, 0.2) is 18.2 Å². The fraction of sp³-hybridized carbons (Fsp3) is 0.611. The van der Waals surface area contributed by atoms with Gasteiger partial charge >= 0.3 is 0 Å². The maximum absolute atomic E-state index is 4.48. The minimum atomic E-state index is 0.413. The molecule has 2 aliphatic carbocycles. The predicted octanol–water partition coefficient (Wildman–Crippen LogP) is 4.50. The van der Waals surface area contributed by atoms with Gasteiger partial charge < -0.3 is 10.3 Å². The van der Waals surface area contributed by atoms with Gasteiger partial charge in [0.2, 0.25) is 0 Å². The molecule has 0 amide bonds. The molecule has 0 spiro atoms. The lowest BCUT2D eigenvalue weighted by Crippen LogP contribution is -2.40. The molecule has 2 saturated carbocycles. The Morgan fingerprint density at radius 2 is 2.10 bits per heavy atom. The second-order valence-corrected chi connectivity index (χ2v) is 7.86. The average Bonchev–Trinajstić information content (AvgIpc) is 2.95. The topological polar surface area (TPSA) is 40.7 Å². The van der Waals surface area contributed by atoms with Crippen LogP contribution in [0, 0.1) is 23.7 Å². The Morgan fingerprint density at radius 3 is 2.76 bits per heavy atom. The van der Waals surface area contributed by atoms with Gasteiger partial charge in [-0.1, -0.05) is 20.8 Å². The molecule has 21 heavy (non-hydrogen) atoms. The van der Waals surface area contributed by atoms with E-state index in [2.05, 4.69) is 54.3 Å². The van der Waals surface area contributed by atoms with Crippen LogP contribution in [-0.2, 0) is 0 Å². The molecule has 1 aromatic heterocycles. The van der Waals surface area contributed by atoms with E-state index >= 15 is 0 Å². The highest BCUT2D eigenvalue weighted by molar-refractivity contribution is 5.79. The first-order chi connectivity index (χ1) is 9.90. The van der Waals surface area contributed by atoms with Gasteiger partial charge in [-0.25, -0.2) is 4.98 Å². The van der Waals surface area contributed by atoms with Crippen LogP contribution in [0.4, 0.5) is 5.69 Å². The molecule has 2 aromatic rings. The molecule has 0 aliphatic heterocycles. The van der Waals surface area contributed by atoms with Crippen LogP contribution >= 0.6 is 0 Å². The molecule has 2 aliphatic rings. The molecule has 2 N–H and O–H groups in total. The number of hydrogen-bond acceptors (Lipinski definition) is 2. The number of H-pyrrole nitrogens is 1. The zero-order chi connectivity index (χ0) is 14.8. The van der Waals surface area contributed by atoms with Gasteiger partial charge in [-0.05, 0) is 61.1 Å². The molecular weight excluding hydrogens is 258 g/mol. The predicted molar refractivity (Wildman–Crippen MR) is 87.5 cm³/mol. The van der Waals surface area contributed by atoms with Gasteiger partial charge in [0.25, 0.3) is 0 Å². The van der Waals surface area contributed by atoms with Crippen molar-refractivity contribution in [2.75, 3.05) is 5.32 Å². The molecule has 2 fully saturated rings. The first kappa shape index (κ1) is 13.2. The van der Waals surface area contributed by atoms with Crippen molar-refractivity contribution in [3.05, 3.63) is 24.0 Å². The maximum Gasteiger partial charge on any atom is 0.104 e. The van der Waals surface area contributed by atoms with Crippen molar-refractivity contribution in [3.63, 3.8) is 0 Å².